The van der Waals surface area contributed by atoms with E-state index < -0.39 is 11.6 Å². The SMILES string of the molecule is NNC(=Nc1ccccc1)Nc1cc(F)cc(F)c1. The zero-order valence-electron chi connectivity index (χ0n) is 9.90. The van der Waals surface area contributed by atoms with Gasteiger partial charge in [-0.2, -0.15) is 0 Å². The molecule has 0 saturated heterocycles. The number of nitrogens with one attached hydrogen (secondary N) is 2. The minimum Gasteiger partial charge on any atom is -0.325 e. The molecular formula is C13H12F2N4. The van der Waals surface area contributed by atoms with Crippen LogP contribution in [0.15, 0.2) is 53.5 Å². The number of hydrazine groups is 1. The highest BCUT2D eigenvalue weighted by Crippen LogP contribution is 2.14. The largest absolute Gasteiger partial charge is 0.325 e. The standard InChI is InChI=1S/C13H12F2N4/c14-9-6-10(15)8-12(7-9)18-13(19-16)17-11-4-2-1-3-5-11/h1-8H,16H2,(H2,17,18,19). The van der Waals surface area contributed by atoms with Gasteiger partial charge >= 0.3 is 0 Å². The number of rotatable bonds is 2. The van der Waals surface area contributed by atoms with Gasteiger partial charge in [-0.1, -0.05) is 18.2 Å². The van der Waals surface area contributed by atoms with Crippen molar-refractivity contribution >= 4 is 17.3 Å². The highest BCUT2D eigenvalue weighted by Gasteiger charge is 2.03. The quantitative estimate of drug-likeness (QED) is 0.337. The Morgan fingerprint density at radius 2 is 1.63 bits per heavy atom. The summed E-state index contributed by atoms with van der Waals surface area (Å²) < 4.78 is 26.1. The Hall–Kier alpha value is -2.47. The fraction of sp³-hybridized carbons (Fsp3) is 0. The topological polar surface area (TPSA) is 62.4 Å². The average molecular weight is 262 g/mol. The van der Waals surface area contributed by atoms with E-state index in [4.69, 9.17) is 5.84 Å². The summed E-state index contributed by atoms with van der Waals surface area (Å²) in [6.07, 6.45) is 0. The van der Waals surface area contributed by atoms with Gasteiger partial charge < -0.3 is 5.32 Å². The van der Waals surface area contributed by atoms with Crippen LogP contribution in [0.4, 0.5) is 20.2 Å². The number of hydrogen-bond donors (Lipinski definition) is 3. The highest BCUT2D eigenvalue weighted by atomic mass is 19.1. The molecule has 0 radical (unpaired) electrons. The molecule has 0 atom stereocenters. The predicted octanol–water partition coefficient (Wildman–Crippen LogP) is 2.53. The molecule has 0 spiro atoms. The summed E-state index contributed by atoms with van der Waals surface area (Å²) in [6, 6.07) is 12.1. The smallest absolute Gasteiger partial charge is 0.215 e. The van der Waals surface area contributed by atoms with Crippen molar-refractivity contribution in [1.29, 1.82) is 0 Å². The molecule has 0 heterocycles. The third-order valence-electron chi connectivity index (χ3n) is 2.26. The Morgan fingerprint density at radius 1 is 1.00 bits per heavy atom. The number of para-hydroxylation sites is 1. The molecule has 2 aromatic carbocycles. The number of hydrogen-bond acceptors (Lipinski definition) is 2. The Morgan fingerprint density at radius 3 is 2.21 bits per heavy atom. The average Bonchev–Trinajstić information content (AvgIpc) is 2.38. The minimum absolute atomic E-state index is 0.177. The Labute approximate surface area is 108 Å². The third kappa shape index (κ3) is 3.75. The van der Waals surface area contributed by atoms with Crippen molar-refractivity contribution in [3.05, 3.63) is 60.2 Å². The lowest BCUT2D eigenvalue weighted by atomic mass is 10.3. The van der Waals surface area contributed by atoms with E-state index >= 15 is 0 Å². The molecule has 0 aliphatic rings. The monoisotopic (exact) mass is 262 g/mol. The van der Waals surface area contributed by atoms with E-state index in [1.165, 1.54) is 0 Å². The number of guanidine groups is 1. The lowest BCUT2D eigenvalue weighted by Gasteiger charge is -2.09. The van der Waals surface area contributed by atoms with Gasteiger partial charge in [-0.05, 0) is 24.3 Å². The van der Waals surface area contributed by atoms with Gasteiger partial charge in [0.15, 0.2) is 0 Å². The highest BCUT2D eigenvalue weighted by molar-refractivity contribution is 5.94. The lowest BCUT2D eigenvalue weighted by molar-refractivity contribution is 0.584. The molecule has 98 valence electrons. The van der Waals surface area contributed by atoms with Crippen LogP contribution in [-0.4, -0.2) is 5.96 Å². The molecule has 2 aromatic rings. The van der Waals surface area contributed by atoms with E-state index in [1.807, 2.05) is 18.2 Å². The van der Waals surface area contributed by atoms with Gasteiger partial charge in [0.2, 0.25) is 5.96 Å². The Balaban J connectivity index is 2.21. The Kier molecular flexibility index (Phi) is 4.04. The van der Waals surface area contributed by atoms with Crippen molar-refractivity contribution in [2.75, 3.05) is 5.32 Å². The molecule has 2 rings (SSSR count). The predicted molar refractivity (Wildman–Crippen MR) is 70.8 cm³/mol. The van der Waals surface area contributed by atoms with Crippen LogP contribution in [0, 0.1) is 11.6 Å². The van der Waals surface area contributed by atoms with Crippen molar-refractivity contribution < 1.29 is 8.78 Å². The summed E-state index contributed by atoms with van der Waals surface area (Å²) >= 11 is 0. The second-order valence-electron chi connectivity index (χ2n) is 3.72. The first-order valence-electron chi connectivity index (χ1n) is 5.51. The molecule has 4 N–H and O–H groups in total. The van der Waals surface area contributed by atoms with Crippen LogP contribution in [-0.2, 0) is 0 Å². The summed E-state index contributed by atoms with van der Waals surface area (Å²) in [7, 11) is 0. The van der Waals surface area contributed by atoms with E-state index in [1.54, 1.807) is 12.1 Å². The maximum atomic E-state index is 13.0. The first-order valence-corrected chi connectivity index (χ1v) is 5.51. The molecule has 0 amide bonds. The van der Waals surface area contributed by atoms with Crippen LogP contribution in [0.3, 0.4) is 0 Å². The van der Waals surface area contributed by atoms with Crippen LogP contribution in [0.1, 0.15) is 0 Å². The van der Waals surface area contributed by atoms with Gasteiger partial charge in [-0.15, -0.1) is 0 Å². The van der Waals surface area contributed by atoms with Crippen molar-refractivity contribution in [2.24, 2.45) is 10.8 Å². The van der Waals surface area contributed by atoms with E-state index in [9.17, 15) is 8.78 Å². The number of benzene rings is 2. The number of aliphatic imine (C=N–C) groups is 1. The van der Waals surface area contributed by atoms with Gasteiger partial charge in [-0.3, -0.25) is 5.43 Å². The molecule has 6 heteroatoms. The molecule has 19 heavy (non-hydrogen) atoms. The van der Waals surface area contributed by atoms with Crippen molar-refractivity contribution in [3.8, 4) is 0 Å². The molecule has 0 aromatic heterocycles. The summed E-state index contributed by atoms with van der Waals surface area (Å²) in [5.41, 5.74) is 3.20. The van der Waals surface area contributed by atoms with E-state index in [0.717, 1.165) is 18.2 Å². The third-order valence-corrected chi connectivity index (χ3v) is 2.26. The van der Waals surface area contributed by atoms with E-state index in [0.29, 0.717) is 5.69 Å². The Bertz CT molecular complexity index is 564. The summed E-state index contributed by atoms with van der Waals surface area (Å²) in [4.78, 5) is 4.16. The first kappa shape index (κ1) is 13.0. The second kappa shape index (κ2) is 5.92. The van der Waals surface area contributed by atoms with E-state index in [-0.39, 0.29) is 11.6 Å². The normalized spacial score (nSPS) is 11.2. The molecule has 0 bridgehead atoms. The fourth-order valence-corrected chi connectivity index (χ4v) is 1.49. The minimum atomic E-state index is -0.682. The molecular weight excluding hydrogens is 250 g/mol. The lowest BCUT2D eigenvalue weighted by Crippen LogP contribution is -2.36. The maximum Gasteiger partial charge on any atom is 0.215 e. The molecule has 0 saturated carbocycles. The molecule has 4 nitrogen and oxygen atoms in total. The number of halogens is 2. The van der Waals surface area contributed by atoms with Gasteiger partial charge in [0, 0.05) is 11.8 Å². The van der Waals surface area contributed by atoms with Gasteiger partial charge in [0.25, 0.3) is 0 Å². The van der Waals surface area contributed by atoms with Crippen LogP contribution in [0.2, 0.25) is 0 Å². The van der Waals surface area contributed by atoms with Crippen LogP contribution in [0.5, 0.6) is 0 Å². The zero-order valence-corrected chi connectivity index (χ0v) is 9.90. The van der Waals surface area contributed by atoms with Gasteiger partial charge in [0.1, 0.15) is 11.6 Å². The number of nitrogens with two attached hydrogens (primary N) is 1. The first-order chi connectivity index (χ1) is 9.17. The van der Waals surface area contributed by atoms with E-state index in [2.05, 4.69) is 15.7 Å². The fourth-order valence-electron chi connectivity index (χ4n) is 1.49. The van der Waals surface area contributed by atoms with Crippen LogP contribution in [0.25, 0.3) is 0 Å². The van der Waals surface area contributed by atoms with Crippen molar-refractivity contribution in [2.45, 2.75) is 0 Å². The molecule has 0 aliphatic carbocycles. The number of nitrogens with zero attached hydrogens (tertiary/aromatic N) is 1. The summed E-state index contributed by atoms with van der Waals surface area (Å²) in [6.45, 7) is 0. The summed E-state index contributed by atoms with van der Waals surface area (Å²) in [5, 5.41) is 2.69. The second-order valence-corrected chi connectivity index (χ2v) is 3.72. The molecule has 0 unspecified atom stereocenters. The van der Waals surface area contributed by atoms with Crippen LogP contribution < -0.4 is 16.6 Å². The number of anilines is 1. The van der Waals surface area contributed by atoms with Crippen molar-refractivity contribution in [1.82, 2.24) is 5.43 Å². The zero-order chi connectivity index (χ0) is 13.7. The molecule has 0 aliphatic heterocycles. The van der Waals surface area contributed by atoms with Crippen LogP contribution >= 0.6 is 0 Å². The maximum absolute atomic E-state index is 13.0. The van der Waals surface area contributed by atoms with Gasteiger partial charge in [0.05, 0.1) is 5.69 Å². The van der Waals surface area contributed by atoms with Gasteiger partial charge in [-0.25, -0.2) is 19.6 Å². The summed E-state index contributed by atoms with van der Waals surface area (Å²) in [5.74, 6) is 4.13. The van der Waals surface area contributed by atoms with Crippen molar-refractivity contribution in [3.63, 3.8) is 0 Å². The molecule has 0 fully saturated rings.